The van der Waals surface area contributed by atoms with Gasteiger partial charge in [-0.3, -0.25) is 9.69 Å². The van der Waals surface area contributed by atoms with Gasteiger partial charge in [0.05, 0.1) is 13.2 Å². The Labute approximate surface area is 101 Å². The van der Waals surface area contributed by atoms with E-state index < -0.39 is 5.97 Å². The highest BCUT2D eigenvalue weighted by molar-refractivity contribution is 5.69. The zero-order valence-corrected chi connectivity index (χ0v) is 9.93. The predicted molar refractivity (Wildman–Crippen MR) is 64.2 cm³/mol. The summed E-state index contributed by atoms with van der Waals surface area (Å²) in [6, 6.07) is 8.02. The fourth-order valence-corrected chi connectivity index (χ4v) is 2.32. The number of carboxylic acid groups (broad SMARTS) is 1. The number of carbonyl (C=O) groups is 1. The lowest BCUT2D eigenvalue weighted by molar-refractivity contribution is -0.139. The first kappa shape index (κ1) is 11.9. The van der Waals surface area contributed by atoms with Crippen molar-refractivity contribution >= 4 is 5.97 Å². The van der Waals surface area contributed by atoms with Crippen LogP contribution in [0.25, 0.3) is 0 Å². The van der Waals surface area contributed by atoms with Crippen molar-refractivity contribution in [3.8, 4) is 5.75 Å². The van der Waals surface area contributed by atoms with E-state index in [1.54, 1.807) is 0 Å². The lowest BCUT2D eigenvalue weighted by Gasteiger charge is -2.34. The molecule has 0 bridgehead atoms. The Morgan fingerprint density at radius 2 is 2.29 bits per heavy atom. The van der Waals surface area contributed by atoms with Crippen molar-refractivity contribution in [2.45, 2.75) is 19.4 Å². The highest BCUT2D eigenvalue weighted by atomic mass is 16.5. The number of fused-ring (bicyclic) bond motifs is 1. The number of benzene rings is 1. The van der Waals surface area contributed by atoms with Gasteiger partial charge in [0.15, 0.2) is 0 Å². The zero-order chi connectivity index (χ0) is 12.3. The molecule has 4 heteroatoms. The third-order valence-electron chi connectivity index (χ3n) is 3.11. The molecule has 1 heterocycles. The van der Waals surface area contributed by atoms with Gasteiger partial charge in [-0.25, -0.2) is 0 Å². The Bertz CT molecular complexity index is 405. The van der Waals surface area contributed by atoms with Gasteiger partial charge in [0.25, 0.3) is 0 Å². The number of hydrogen-bond donors (Lipinski definition) is 1. The second kappa shape index (κ2) is 5.19. The molecule has 1 aromatic carbocycles. The minimum atomic E-state index is -0.782. The molecular formula is C13H17NO3. The van der Waals surface area contributed by atoms with Crippen LogP contribution in [0.15, 0.2) is 24.3 Å². The summed E-state index contributed by atoms with van der Waals surface area (Å²) in [7, 11) is 0. The molecule has 1 aliphatic rings. The Morgan fingerprint density at radius 1 is 1.53 bits per heavy atom. The Morgan fingerprint density at radius 3 is 3.00 bits per heavy atom. The molecule has 17 heavy (non-hydrogen) atoms. The van der Waals surface area contributed by atoms with Crippen molar-refractivity contribution in [3.63, 3.8) is 0 Å². The molecule has 1 N–H and O–H groups in total. The van der Waals surface area contributed by atoms with E-state index in [9.17, 15) is 4.79 Å². The standard InChI is InChI=1S/C13H17NO3/c1-2-14(9-13(15)16)11-7-8-17-12-6-4-3-5-10(11)12/h3-6,11H,2,7-9H2,1H3,(H,15,16). The van der Waals surface area contributed by atoms with Gasteiger partial charge in [0, 0.05) is 18.0 Å². The summed E-state index contributed by atoms with van der Waals surface area (Å²) in [5.74, 6) is 0.100. The maximum atomic E-state index is 10.9. The third kappa shape index (κ3) is 2.58. The van der Waals surface area contributed by atoms with E-state index in [0.717, 1.165) is 24.3 Å². The summed E-state index contributed by atoms with van der Waals surface area (Å²) in [4.78, 5) is 12.8. The minimum Gasteiger partial charge on any atom is -0.493 e. The SMILES string of the molecule is CCN(CC(=O)O)C1CCOc2ccccc21. The van der Waals surface area contributed by atoms with Crippen molar-refractivity contribution in [1.29, 1.82) is 0 Å². The van der Waals surface area contributed by atoms with Crippen LogP contribution in [0.1, 0.15) is 24.9 Å². The van der Waals surface area contributed by atoms with Gasteiger partial charge < -0.3 is 9.84 Å². The third-order valence-corrected chi connectivity index (χ3v) is 3.11. The molecule has 0 aromatic heterocycles. The van der Waals surface area contributed by atoms with Gasteiger partial charge in [0.2, 0.25) is 0 Å². The fourth-order valence-electron chi connectivity index (χ4n) is 2.32. The Balaban J connectivity index is 2.24. The van der Waals surface area contributed by atoms with Crippen molar-refractivity contribution in [3.05, 3.63) is 29.8 Å². The number of ether oxygens (including phenoxy) is 1. The average molecular weight is 235 g/mol. The lowest BCUT2D eigenvalue weighted by atomic mass is 9.99. The van der Waals surface area contributed by atoms with Crippen LogP contribution < -0.4 is 4.74 Å². The molecule has 1 aliphatic heterocycles. The predicted octanol–water partition coefficient (Wildman–Crippen LogP) is 1.92. The topological polar surface area (TPSA) is 49.8 Å². The zero-order valence-electron chi connectivity index (χ0n) is 9.93. The summed E-state index contributed by atoms with van der Waals surface area (Å²) in [5, 5.41) is 8.92. The maximum absolute atomic E-state index is 10.9. The first-order valence-corrected chi connectivity index (χ1v) is 5.90. The van der Waals surface area contributed by atoms with E-state index in [4.69, 9.17) is 9.84 Å². The second-order valence-electron chi connectivity index (χ2n) is 4.15. The van der Waals surface area contributed by atoms with Crippen LogP contribution in [-0.4, -0.2) is 35.7 Å². The van der Waals surface area contributed by atoms with Crippen LogP contribution in [0.3, 0.4) is 0 Å². The summed E-state index contributed by atoms with van der Waals surface area (Å²) in [6.45, 7) is 3.44. The number of nitrogens with zero attached hydrogens (tertiary/aromatic N) is 1. The van der Waals surface area contributed by atoms with Gasteiger partial charge in [-0.1, -0.05) is 25.1 Å². The van der Waals surface area contributed by atoms with Gasteiger partial charge >= 0.3 is 5.97 Å². The molecule has 0 fully saturated rings. The molecule has 2 rings (SSSR count). The quantitative estimate of drug-likeness (QED) is 0.866. The monoisotopic (exact) mass is 235 g/mol. The molecule has 4 nitrogen and oxygen atoms in total. The summed E-state index contributed by atoms with van der Waals surface area (Å²) < 4.78 is 5.58. The maximum Gasteiger partial charge on any atom is 0.317 e. The van der Waals surface area contributed by atoms with Gasteiger partial charge in [-0.05, 0) is 12.6 Å². The number of rotatable bonds is 4. The van der Waals surface area contributed by atoms with E-state index in [1.165, 1.54) is 0 Å². The molecule has 1 aromatic rings. The number of aliphatic carboxylic acids is 1. The van der Waals surface area contributed by atoms with Crippen LogP contribution in [0.4, 0.5) is 0 Å². The van der Waals surface area contributed by atoms with Gasteiger partial charge in [0.1, 0.15) is 5.75 Å². The van der Waals surface area contributed by atoms with Crippen LogP contribution in [0.5, 0.6) is 5.75 Å². The molecular weight excluding hydrogens is 218 g/mol. The van der Waals surface area contributed by atoms with Crippen molar-refractivity contribution in [1.82, 2.24) is 4.90 Å². The largest absolute Gasteiger partial charge is 0.493 e. The highest BCUT2D eigenvalue weighted by Crippen LogP contribution is 2.35. The molecule has 0 saturated heterocycles. The second-order valence-corrected chi connectivity index (χ2v) is 4.15. The molecule has 0 amide bonds. The molecule has 1 unspecified atom stereocenters. The molecule has 0 aliphatic carbocycles. The first-order chi connectivity index (χ1) is 8.22. The van der Waals surface area contributed by atoms with E-state index >= 15 is 0 Å². The molecule has 1 atom stereocenters. The molecule has 0 spiro atoms. The molecule has 0 radical (unpaired) electrons. The van der Waals surface area contributed by atoms with Crippen molar-refractivity contribution in [2.75, 3.05) is 19.7 Å². The first-order valence-electron chi connectivity index (χ1n) is 5.90. The average Bonchev–Trinajstić information content (AvgIpc) is 2.35. The normalized spacial score (nSPS) is 18.6. The van der Waals surface area contributed by atoms with E-state index in [2.05, 4.69) is 0 Å². The van der Waals surface area contributed by atoms with E-state index in [0.29, 0.717) is 6.61 Å². The summed E-state index contributed by atoms with van der Waals surface area (Å²) in [5.41, 5.74) is 1.10. The Hall–Kier alpha value is -1.55. The summed E-state index contributed by atoms with van der Waals surface area (Å²) >= 11 is 0. The molecule has 92 valence electrons. The number of para-hydroxylation sites is 1. The smallest absolute Gasteiger partial charge is 0.317 e. The van der Waals surface area contributed by atoms with Crippen LogP contribution in [-0.2, 0) is 4.79 Å². The highest BCUT2D eigenvalue weighted by Gasteiger charge is 2.26. The number of carboxylic acids is 1. The van der Waals surface area contributed by atoms with E-state index in [1.807, 2.05) is 36.1 Å². The van der Waals surface area contributed by atoms with Crippen molar-refractivity contribution < 1.29 is 14.6 Å². The van der Waals surface area contributed by atoms with Crippen LogP contribution in [0, 0.1) is 0 Å². The van der Waals surface area contributed by atoms with E-state index in [-0.39, 0.29) is 12.6 Å². The Kier molecular flexibility index (Phi) is 3.64. The van der Waals surface area contributed by atoms with Gasteiger partial charge in [-0.15, -0.1) is 0 Å². The summed E-state index contributed by atoms with van der Waals surface area (Å²) in [6.07, 6.45) is 0.845. The van der Waals surface area contributed by atoms with Crippen molar-refractivity contribution in [2.24, 2.45) is 0 Å². The van der Waals surface area contributed by atoms with Crippen LogP contribution >= 0.6 is 0 Å². The number of likely N-dealkylation sites (N-methyl/N-ethyl adjacent to an activating group) is 1. The van der Waals surface area contributed by atoms with Crippen LogP contribution in [0.2, 0.25) is 0 Å². The number of hydrogen-bond acceptors (Lipinski definition) is 3. The fraction of sp³-hybridized carbons (Fsp3) is 0.462. The minimum absolute atomic E-state index is 0.0789. The molecule has 0 saturated carbocycles. The lowest BCUT2D eigenvalue weighted by Crippen LogP contribution is -2.36. The van der Waals surface area contributed by atoms with Gasteiger partial charge in [-0.2, -0.15) is 0 Å².